The van der Waals surface area contributed by atoms with Crippen LogP contribution in [0.4, 0.5) is 0 Å². The van der Waals surface area contributed by atoms with Gasteiger partial charge in [0, 0.05) is 11.0 Å². The molecule has 1 saturated heterocycles. The van der Waals surface area contributed by atoms with E-state index in [1.165, 1.54) is 16.7 Å². The zero-order valence-corrected chi connectivity index (χ0v) is 12.4. The molecule has 98 valence electrons. The van der Waals surface area contributed by atoms with Crippen molar-refractivity contribution in [1.82, 2.24) is 10.6 Å². The molecule has 0 aliphatic carbocycles. The number of halogens is 1. The van der Waals surface area contributed by atoms with Crippen molar-refractivity contribution in [2.75, 3.05) is 6.54 Å². The lowest BCUT2D eigenvalue weighted by Crippen LogP contribution is -2.40. The molecule has 0 saturated carbocycles. The van der Waals surface area contributed by atoms with E-state index in [2.05, 4.69) is 52.5 Å². The van der Waals surface area contributed by atoms with E-state index in [4.69, 9.17) is 0 Å². The van der Waals surface area contributed by atoms with Crippen LogP contribution in [0.3, 0.4) is 0 Å². The number of amides is 1. The summed E-state index contributed by atoms with van der Waals surface area (Å²) in [5, 5.41) is 6.24. The normalized spacial score (nSPS) is 18.9. The van der Waals surface area contributed by atoms with Gasteiger partial charge in [-0.2, -0.15) is 0 Å². The molecule has 18 heavy (non-hydrogen) atoms. The van der Waals surface area contributed by atoms with Crippen molar-refractivity contribution >= 4 is 21.8 Å². The fourth-order valence-electron chi connectivity index (χ4n) is 2.43. The van der Waals surface area contributed by atoms with E-state index in [-0.39, 0.29) is 11.9 Å². The quantitative estimate of drug-likeness (QED) is 0.900. The molecule has 1 unspecified atom stereocenters. The number of rotatable bonds is 3. The fourth-order valence-corrected chi connectivity index (χ4v) is 3.11. The highest BCUT2D eigenvalue weighted by Crippen LogP contribution is 2.20. The molecule has 1 aromatic rings. The summed E-state index contributed by atoms with van der Waals surface area (Å²) < 4.78 is 1.09. The van der Waals surface area contributed by atoms with Gasteiger partial charge in [0.05, 0.1) is 6.04 Å². The van der Waals surface area contributed by atoms with E-state index >= 15 is 0 Å². The number of carbonyl (C=O) groups is 1. The summed E-state index contributed by atoms with van der Waals surface area (Å²) in [6.45, 7) is 5.72. The first kappa shape index (κ1) is 13.6. The second-order valence-electron chi connectivity index (χ2n) is 4.88. The van der Waals surface area contributed by atoms with Crippen LogP contribution in [0.25, 0.3) is 0 Å². The second kappa shape index (κ2) is 5.85. The first-order chi connectivity index (χ1) is 8.58. The highest BCUT2D eigenvalue weighted by Gasteiger charge is 2.21. The van der Waals surface area contributed by atoms with Gasteiger partial charge in [0.1, 0.15) is 0 Å². The van der Waals surface area contributed by atoms with E-state index in [1.807, 2.05) is 0 Å². The summed E-state index contributed by atoms with van der Waals surface area (Å²) >= 11 is 3.48. The predicted octanol–water partition coefficient (Wildman–Crippen LogP) is 2.43. The molecule has 4 heteroatoms. The standard InChI is InChI=1S/C14H19BrN2O/c1-9-6-11(15)7-10(2)12(9)8-17-14(18)13-4-3-5-16-13/h6-7,13,16H,3-5,8H2,1-2H3,(H,17,18). The van der Waals surface area contributed by atoms with Crippen LogP contribution in [0.2, 0.25) is 0 Å². The minimum absolute atomic E-state index is 0.000982. The van der Waals surface area contributed by atoms with Gasteiger partial charge >= 0.3 is 0 Å². The maximum atomic E-state index is 11.9. The first-order valence-corrected chi connectivity index (χ1v) is 7.14. The summed E-state index contributed by atoms with van der Waals surface area (Å²) in [5.41, 5.74) is 3.63. The van der Waals surface area contributed by atoms with Gasteiger partial charge in [0.15, 0.2) is 0 Å². The molecule has 1 atom stereocenters. The van der Waals surface area contributed by atoms with Crippen molar-refractivity contribution in [1.29, 1.82) is 0 Å². The summed E-state index contributed by atoms with van der Waals surface area (Å²) in [7, 11) is 0. The Hall–Kier alpha value is -0.870. The highest BCUT2D eigenvalue weighted by atomic mass is 79.9. The van der Waals surface area contributed by atoms with Crippen LogP contribution in [0.5, 0.6) is 0 Å². The van der Waals surface area contributed by atoms with Crippen LogP contribution in [-0.2, 0) is 11.3 Å². The summed E-state index contributed by atoms with van der Waals surface area (Å²) in [6, 6.07) is 4.17. The molecule has 0 aromatic heterocycles. The summed E-state index contributed by atoms with van der Waals surface area (Å²) in [6.07, 6.45) is 2.04. The average Bonchev–Trinajstić information content (AvgIpc) is 2.80. The Morgan fingerprint density at radius 2 is 2.11 bits per heavy atom. The minimum Gasteiger partial charge on any atom is -0.351 e. The summed E-state index contributed by atoms with van der Waals surface area (Å²) in [5.74, 6) is 0.120. The van der Waals surface area contributed by atoms with E-state index in [1.54, 1.807) is 0 Å². The lowest BCUT2D eigenvalue weighted by atomic mass is 10.0. The third kappa shape index (κ3) is 3.12. The molecule has 1 heterocycles. The highest BCUT2D eigenvalue weighted by molar-refractivity contribution is 9.10. The number of aryl methyl sites for hydroxylation is 2. The van der Waals surface area contributed by atoms with Gasteiger partial charge in [-0.15, -0.1) is 0 Å². The third-order valence-electron chi connectivity index (χ3n) is 3.48. The van der Waals surface area contributed by atoms with Crippen molar-refractivity contribution in [3.63, 3.8) is 0 Å². The Bertz CT molecular complexity index is 430. The maximum absolute atomic E-state index is 11.9. The zero-order valence-electron chi connectivity index (χ0n) is 10.8. The van der Waals surface area contributed by atoms with Gasteiger partial charge < -0.3 is 10.6 Å². The van der Waals surface area contributed by atoms with Gasteiger partial charge in [-0.05, 0) is 62.1 Å². The second-order valence-corrected chi connectivity index (χ2v) is 5.80. The number of carbonyl (C=O) groups excluding carboxylic acids is 1. The molecule has 1 aromatic carbocycles. The van der Waals surface area contributed by atoms with Crippen LogP contribution >= 0.6 is 15.9 Å². The van der Waals surface area contributed by atoms with Crippen molar-refractivity contribution in [3.05, 3.63) is 33.3 Å². The lowest BCUT2D eigenvalue weighted by molar-refractivity contribution is -0.122. The first-order valence-electron chi connectivity index (χ1n) is 6.34. The van der Waals surface area contributed by atoms with E-state index in [0.29, 0.717) is 6.54 Å². The number of hydrogen-bond acceptors (Lipinski definition) is 2. The SMILES string of the molecule is Cc1cc(Br)cc(C)c1CNC(=O)C1CCCN1. The molecular formula is C14H19BrN2O. The topological polar surface area (TPSA) is 41.1 Å². The number of hydrogen-bond donors (Lipinski definition) is 2. The van der Waals surface area contributed by atoms with Crippen molar-refractivity contribution in [3.8, 4) is 0 Å². The maximum Gasteiger partial charge on any atom is 0.237 e. The molecule has 1 amide bonds. The molecule has 1 fully saturated rings. The Morgan fingerprint density at radius 1 is 1.44 bits per heavy atom. The third-order valence-corrected chi connectivity index (χ3v) is 3.93. The van der Waals surface area contributed by atoms with Gasteiger partial charge in [-0.25, -0.2) is 0 Å². The zero-order chi connectivity index (χ0) is 13.1. The molecule has 3 nitrogen and oxygen atoms in total. The fraction of sp³-hybridized carbons (Fsp3) is 0.500. The van der Waals surface area contributed by atoms with E-state index in [9.17, 15) is 4.79 Å². The van der Waals surface area contributed by atoms with Crippen LogP contribution in [0.1, 0.15) is 29.5 Å². The smallest absolute Gasteiger partial charge is 0.237 e. The Balaban J connectivity index is 1.99. The Kier molecular flexibility index (Phi) is 4.40. The van der Waals surface area contributed by atoms with E-state index < -0.39 is 0 Å². The van der Waals surface area contributed by atoms with Crippen LogP contribution < -0.4 is 10.6 Å². The Labute approximate surface area is 116 Å². The van der Waals surface area contributed by atoms with Crippen LogP contribution in [-0.4, -0.2) is 18.5 Å². The van der Waals surface area contributed by atoms with E-state index in [0.717, 1.165) is 23.9 Å². The van der Waals surface area contributed by atoms with Crippen molar-refractivity contribution in [2.45, 2.75) is 39.3 Å². The molecular weight excluding hydrogens is 292 g/mol. The summed E-state index contributed by atoms with van der Waals surface area (Å²) in [4.78, 5) is 11.9. The number of nitrogens with one attached hydrogen (secondary N) is 2. The molecule has 0 spiro atoms. The largest absolute Gasteiger partial charge is 0.351 e. The van der Waals surface area contributed by atoms with Crippen molar-refractivity contribution in [2.24, 2.45) is 0 Å². The molecule has 2 N–H and O–H groups in total. The minimum atomic E-state index is 0.000982. The van der Waals surface area contributed by atoms with Crippen molar-refractivity contribution < 1.29 is 4.79 Å². The molecule has 0 bridgehead atoms. The molecule has 2 rings (SSSR count). The van der Waals surface area contributed by atoms with Gasteiger partial charge in [-0.1, -0.05) is 15.9 Å². The predicted molar refractivity (Wildman–Crippen MR) is 76.5 cm³/mol. The lowest BCUT2D eigenvalue weighted by Gasteiger charge is -2.14. The van der Waals surface area contributed by atoms with Gasteiger partial charge in [0.2, 0.25) is 5.91 Å². The Morgan fingerprint density at radius 3 is 2.67 bits per heavy atom. The molecule has 0 radical (unpaired) electrons. The van der Waals surface area contributed by atoms with Crippen LogP contribution in [0.15, 0.2) is 16.6 Å². The number of benzene rings is 1. The molecule has 1 aliphatic rings. The van der Waals surface area contributed by atoms with Crippen LogP contribution in [0, 0.1) is 13.8 Å². The average molecular weight is 311 g/mol. The monoisotopic (exact) mass is 310 g/mol. The molecule has 1 aliphatic heterocycles. The van der Waals surface area contributed by atoms with Gasteiger partial charge in [-0.3, -0.25) is 4.79 Å². The van der Waals surface area contributed by atoms with Gasteiger partial charge in [0.25, 0.3) is 0 Å².